The Morgan fingerprint density at radius 2 is 1.94 bits per heavy atom. The number of halogens is 1. The third kappa shape index (κ3) is 1.68. The second kappa shape index (κ2) is 3.99. The van der Waals surface area contributed by atoms with E-state index in [1.165, 1.54) is 5.56 Å². The van der Waals surface area contributed by atoms with Gasteiger partial charge >= 0.3 is 0 Å². The maximum Gasteiger partial charge on any atom is 0.178 e. The fourth-order valence-electron chi connectivity index (χ4n) is 1.51. The van der Waals surface area contributed by atoms with Crippen molar-refractivity contribution < 1.29 is 0 Å². The summed E-state index contributed by atoms with van der Waals surface area (Å²) in [7, 11) is 1.80. The molecule has 0 unspecified atom stereocenters. The SMILES string of the molecule is Cc1ccc(-c2nc(C#N)c(Cl)n2C)cc1. The van der Waals surface area contributed by atoms with Crippen LogP contribution in [0.3, 0.4) is 0 Å². The van der Waals surface area contributed by atoms with Gasteiger partial charge in [-0.05, 0) is 6.92 Å². The van der Waals surface area contributed by atoms with Gasteiger partial charge in [0.15, 0.2) is 5.69 Å². The van der Waals surface area contributed by atoms with Crippen molar-refractivity contribution in [2.75, 3.05) is 0 Å². The lowest BCUT2D eigenvalue weighted by Gasteiger charge is -2.02. The Bertz CT molecular complexity index is 561. The van der Waals surface area contributed by atoms with E-state index in [-0.39, 0.29) is 5.69 Å². The number of rotatable bonds is 1. The molecule has 0 saturated heterocycles. The number of aryl methyl sites for hydroxylation is 1. The Hall–Kier alpha value is -1.79. The fourth-order valence-corrected chi connectivity index (χ4v) is 1.68. The van der Waals surface area contributed by atoms with Crippen LogP contribution < -0.4 is 0 Å². The van der Waals surface area contributed by atoms with E-state index >= 15 is 0 Å². The molecule has 0 amide bonds. The molecule has 1 aromatic carbocycles. The van der Waals surface area contributed by atoms with Gasteiger partial charge in [0.25, 0.3) is 0 Å². The van der Waals surface area contributed by atoms with Gasteiger partial charge in [0.2, 0.25) is 0 Å². The van der Waals surface area contributed by atoms with E-state index in [2.05, 4.69) is 4.98 Å². The van der Waals surface area contributed by atoms with E-state index in [0.29, 0.717) is 11.0 Å². The highest BCUT2D eigenvalue weighted by Crippen LogP contribution is 2.24. The first-order chi connectivity index (χ1) is 7.63. The zero-order valence-electron chi connectivity index (χ0n) is 9.03. The second-order valence-corrected chi connectivity index (χ2v) is 3.97. The Morgan fingerprint density at radius 1 is 1.31 bits per heavy atom. The highest BCUT2D eigenvalue weighted by Gasteiger charge is 2.13. The molecular weight excluding hydrogens is 222 g/mol. The summed E-state index contributed by atoms with van der Waals surface area (Å²) in [5, 5.41) is 9.21. The number of nitriles is 1. The van der Waals surface area contributed by atoms with Gasteiger partial charge in [0, 0.05) is 12.6 Å². The highest BCUT2D eigenvalue weighted by molar-refractivity contribution is 6.30. The lowest BCUT2D eigenvalue weighted by Crippen LogP contribution is -1.92. The van der Waals surface area contributed by atoms with Crippen molar-refractivity contribution in [1.29, 1.82) is 5.26 Å². The first-order valence-electron chi connectivity index (χ1n) is 4.83. The summed E-state index contributed by atoms with van der Waals surface area (Å²) in [6.45, 7) is 2.02. The molecule has 2 aromatic rings. The van der Waals surface area contributed by atoms with Crippen LogP contribution in [0.2, 0.25) is 5.15 Å². The van der Waals surface area contributed by atoms with Crippen LogP contribution in [0.5, 0.6) is 0 Å². The molecule has 1 heterocycles. The Kier molecular flexibility index (Phi) is 2.67. The zero-order valence-corrected chi connectivity index (χ0v) is 9.78. The Labute approximate surface area is 98.9 Å². The number of benzene rings is 1. The third-order valence-corrected chi connectivity index (χ3v) is 2.87. The summed E-state index contributed by atoms with van der Waals surface area (Å²) in [4.78, 5) is 4.20. The molecule has 0 fully saturated rings. The molecule has 0 aliphatic rings. The molecule has 16 heavy (non-hydrogen) atoms. The predicted octanol–water partition coefficient (Wildman–Crippen LogP) is 2.92. The first-order valence-corrected chi connectivity index (χ1v) is 5.20. The molecule has 0 aliphatic heterocycles. The summed E-state index contributed by atoms with van der Waals surface area (Å²) in [6.07, 6.45) is 0. The molecule has 3 nitrogen and oxygen atoms in total. The Balaban J connectivity index is 2.57. The van der Waals surface area contributed by atoms with Crippen LogP contribution in [-0.2, 0) is 7.05 Å². The minimum Gasteiger partial charge on any atom is -0.317 e. The number of hydrogen-bond acceptors (Lipinski definition) is 2. The molecule has 80 valence electrons. The van der Waals surface area contributed by atoms with E-state index < -0.39 is 0 Å². The number of nitrogens with zero attached hydrogens (tertiary/aromatic N) is 3. The van der Waals surface area contributed by atoms with E-state index in [0.717, 1.165) is 5.56 Å². The minimum atomic E-state index is 0.264. The third-order valence-electron chi connectivity index (χ3n) is 2.44. The molecule has 0 atom stereocenters. The molecule has 0 spiro atoms. The highest BCUT2D eigenvalue weighted by atomic mass is 35.5. The number of hydrogen-bond donors (Lipinski definition) is 0. The number of imidazole rings is 1. The molecule has 0 saturated carbocycles. The van der Waals surface area contributed by atoms with Crippen molar-refractivity contribution in [3.63, 3.8) is 0 Å². The standard InChI is InChI=1S/C12H10ClN3/c1-8-3-5-9(6-4-8)12-15-10(7-14)11(13)16(12)2/h3-6H,1-2H3. The van der Waals surface area contributed by atoms with Crippen LogP contribution in [0.15, 0.2) is 24.3 Å². The van der Waals surface area contributed by atoms with E-state index in [9.17, 15) is 0 Å². The van der Waals surface area contributed by atoms with Crippen LogP contribution in [0, 0.1) is 18.3 Å². The largest absolute Gasteiger partial charge is 0.317 e. The van der Waals surface area contributed by atoms with Crippen molar-refractivity contribution in [2.24, 2.45) is 7.05 Å². The van der Waals surface area contributed by atoms with Crippen LogP contribution in [0.4, 0.5) is 0 Å². The molecule has 4 heteroatoms. The second-order valence-electron chi connectivity index (χ2n) is 3.61. The average molecular weight is 232 g/mol. The van der Waals surface area contributed by atoms with Crippen molar-refractivity contribution in [3.8, 4) is 17.5 Å². The summed E-state index contributed by atoms with van der Waals surface area (Å²) in [5.74, 6) is 0.710. The quantitative estimate of drug-likeness (QED) is 0.757. The van der Waals surface area contributed by atoms with Gasteiger partial charge in [-0.3, -0.25) is 0 Å². The molecule has 1 aromatic heterocycles. The molecule has 2 rings (SSSR count). The molecule has 0 aliphatic carbocycles. The maximum absolute atomic E-state index is 8.84. The summed E-state index contributed by atoms with van der Waals surface area (Å²) in [6, 6.07) is 9.92. The molecule has 0 N–H and O–H groups in total. The van der Waals surface area contributed by atoms with Crippen molar-refractivity contribution in [2.45, 2.75) is 6.92 Å². The van der Waals surface area contributed by atoms with Gasteiger partial charge in [-0.1, -0.05) is 41.4 Å². The smallest absolute Gasteiger partial charge is 0.178 e. The zero-order chi connectivity index (χ0) is 11.7. The van der Waals surface area contributed by atoms with Gasteiger partial charge in [-0.15, -0.1) is 0 Å². The van der Waals surface area contributed by atoms with Crippen LogP contribution in [-0.4, -0.2) is 9.55 Å². The van der Waals surface area contributed by atoms with Gasteiger partial charge in [-0.25, -0.2) is 4.98 Å². The van der Waals surface area contributed by atoms with Crippen LogP contribution in [0.25, 0.3) is 11.4 Å². The number of aromatic nitrogens is 2. The van der Waals surface area contributed by atoms with Crippen LogP contribution >= 0.6 is 11.6 Å². The van der Waals surface area contributed by atoms with Crippen molar-refractivity contribution in [3.05, 3.63) is 40.7 Å². The van der Waals surface area contributed by atoms with E-state index in [1.807, 2.05) is 37.3 Å². The van der Waals surface area contributed by atoms with Crippen molar-refractivity contribution in [1.82, 2.24) is 9.55 Å². The van der Waals surface area contributed by atoms with Gasteiger partial charge in [0.1, 0.15) is 17.0 Å². The van der Waals surface area contributed by atoms with E-state index in [1.54, 1.807) is 11.6 Å². The maximum atomic E-state index is 8.84. The first kappa shape index (κ1) is 10.7. The van der Waals surface area contributed by atoms with Crippen LogP contribution in [0.1, 0.15) is 11.3 Å². The summed E-state index contributed by atoms with van der Waals surface area (Å²) in [5.41, 5.74) is 2.40. The topological polar surface area (TPSA) is 41.6 Å². The summed E-state index contributed by atoms with van der Waals surface area (Å²) < 4.78 is 1.71. The molecule has 0 radical (unpaired) electrons. The lowest BCUT2D eigenvalue weighted by atomic mass is 10.1. The minimum absolute atomic E-state index is 0.264. The average Bonchev–Trinajstić information content (AvgIpc) is 2.57. The van der Waals surface area contributed by atoms with Crippen molar-refractivity contribution >= 4 is 11.6 Å². The lowest BCUT2D eigenvalue weighted by molar-refractivity contribution is 0.925. The normalized spacial score (nSPS) is 10.1. The van der Waals surface area contributed by atoms with Gasteiger partial charge < -0.3 is 4.57 Å². The fraction of sp³-hybridized carbons (Fsp3) is 0.167. The van der Waals surface area contributed by atoms with Gasteiger partial charge in [-0.2, -0.15) is 5.26 Å². The predicted molar refractivity (Wildman–Crippen MR) is 63.1 cm³/mol. The van der Waals surface area contributed by atoms with Gasteiger partial charge in [0.05, 0.1) is 0 Å². The summed E-state index contributed by atoms with van der Waals surface area (Å²) >= 11 is 5.97. The molecule has 0 bridgehead atoms. The monoisotopic (exact) mass is 231 g/mol. The molecular formula is C12H10ClN3. The van der Waals surface area contributed by atoms with E-state index in [4.69, 9.17) is 16.9 Å². The Morgan fingerprint density at radius 3 is 2.44 bits per heavy atom.